The van der Waals surface area contributed by atoms with Gasteiger partial charge in [-0.3, -0.25) is 4.55 Å². The summed E-state index contributed by atoms with van der Waals surface area (Å²) in [6.45, 7) is 15.9. The first-order valence-electron chi connectivity index (χ1n) is 16.6. The summed E-state index contributed by atoms with van der Waals surface area (Å²) in [4.78, 5) is 13.7. The fourth-order valence-corrected chi connectivity index (χ4v) is 8.51. The fourth-order valence-electron chi connectivity index (χ4n) is 6.77. The highest BCUT2D eigenvalue weighted by molar-refractivity contribution is 7.89. The van der Waals surface area contributed by atoms with Crippen LogP contribution in [-0.2, 0) is 35.8 Å². The minimum Gasteiger partial charge on any atom is -0.344 e. The molecule has 0 saturated carbocycles. The number of ketones is 1. The van der Waals surface area contributed by atoms with Crippen LogP contribution in [0.4, 0.5) is 11.4 Å². The fraction of sp³-hybridized carbons (Fsp3) is 0.459. The van der Waals surface area contributed by atoms with Crippen molar-refractivity contribution in [3.63, 3.8) is 0 Å². The van der Waals surface area contributed by atoms with Crippen LogP contribution in [0.15, 0.2) is 82.3 Å². The van der Waals surface area contributed by atoms with E-state index in [0.717, 1.165) is 59.8 Å². The van der Waals surface area contributed by atoms with Crippen LogP contribution in [0.2, 0.25) is 0 Å². The molecular formula is C37H50N3O6S2+. The second kappa shape index (κ2) is 14.2. The number of hydrogen-bond donors (Lipinski definition) is 1. The second-order valence-electron chi connectivity index (χ2n) is 13.7. The number of sulfonamides is 1. The Morgan fingerprint density at radius 3 is 2.21 bits per heavy atom. The van der Waals surface area contributed by atoms with Crippen LogP contribution in [-0.4, -0.2) is 68.4 Å². The number of allylic oxidation sites excluding steroid dienone is 6. The average Bonchev–Trinajstić information content (AvgIpc) is 3.34. The summed E-state index contributed by atoms with van der Waals surface area (Å²) in [5, 5.41) is 0. The largest absolute Gasteiger partial charge is 0.344 e. The number of rotatable bonds is 14. The van der Waals surface area contributed by atoms with E-state index in [-0.39, 0.29) is 22.1 Å². The number of hydrogen-bond acceptors (Lipinski definition) is 6. The van der Waals surface area contributed by atoms with Gasteiger partial charge < -0.3 is 9.69 Å². The van der Waals surface area contributed by atoms with Crippen molar-refractivity contribution >= 4 is 43.0 Å². The average molecular weight is 697 g/mol. The SMILES string of the molecule is CCCN1/C(=C/C=C/C=C/C2=[N+](CCC)c3ccc(S(=O)(=O)N(C)CCCC(C)=O)cc3C2(C)C)C(C)(C)c2cc(S(=O)(=O)O)ccc21. The summed E-state index contributed by atoms with van der Waals surface area (Å²) in [7, 11) is -6.49. The van der Waals surface area contributed by atoms with Crippen molar-refractivity contribution in [2.45, 2.75) is 94.8 Å². The zero-order chi connectivity index (χ0) is 35.7. The molecule has 260 valence electrons. The molecule has 2 aromatic rings. The van der Waals surface area contributed by atoms with E-state index in [1.165, 1.54) is 17.3 Å². The molecule has 0 spiro atoms. The molecule has 2 aliphatic rings. The standard InChI is InChI=1S/C37H49N3O6S2/c1-9-22-39-32-20-18-28(47(42,43)38(8)24-14-15-27(3)41)25-30(32)36(4,5)34(39)16-12-11-13-17-35-37(6,7)31-26-29(48(44,45)46)19-21-33(31)40(35)23-10-2/h11-13,16-21,25-26H,9-10,14-15,22-24H2,1-8H3/p+1. The lowest BCUT2D eigenvalue weighted by atomic mass is 9.81. The van der Waals surface area contributed by atoms with E-state index in [2.05, 4.69) is 63.2 Å². The Morgan fingerprint density at radius 2 is 1.58 bits per heavy atom. The van der Waals surface area contributed by atoms with Crippen LogP contribution in [0.3, 0.4) is 0 Å². The van der Waals surface area contributed by atoms with Crippen molar-refractivity contribution in [3.05, 3.63) is 83.6 Å². The van der Waals surface area contributed by atoms with Gasteiger partial charge in [-0.05, 0) is 75.6 Å². The number of carbonyl (C=O) groups excluding carboxylic acids is 1. The van der Waals surface area contributed by atoms with Gasteiger partial charge in [-0.25, -0.2) is 12.7 Å². The molecule has 2 aliphatic heterocycles. The Labute approximate surface area is 287 Å². The monoisotopic (exact) mass is 696 g/mol. The van der Waals surface area contributed by atoms with E-state index >= 15 is 0 Å². The molecule has 1 N–H and O–H groups in total. The molecule has 0 aromatic heterocycles. The number of fused-ring (bicyclic) bond motifs is 2. The van der Waals surface area contributed by atoms with Crippen LogP contribution >= 0.6 is 0 Å². The summed E-state index contributed by atoms with van der Waals surface area (Å²) in [5.41, 5.74) is 4.89. The van der Waals surface area contributed by atoms with Crippen molar-refractivity contribution < 1.29 is 30.8 Å². The second-order valence-corrected chi connectivity index (χ2v) is 17.2. The van der Waals surface area contributed by atoms with Gasteiger partial charge in [0.2, 0.25) is 15.7 Å². The molecule has 0 saturated heterocycles. The number of benzene rings is 2. The maximum Gasteiger partial charge on any atom is 0.294 e. The quantitative estimate of drug-likeness (QED) is 0.130. The lowest BCUT2D eigenvalue weighted by Gasteiger charge is -2.26. The molecule has 0 bridgehead atoms. The molecule has 0 atom stereocenters. The third-order valence-electron chi connectivity index (χ3n) is 9.36. The first-order chi connectivity index (χ1) is 22.4. The van der Waals surface area contributed by atoms with Crippen molar-refractivity contribution in [2.75, 3.05) is 31.6 Å². The van der Waals surface area contributed by atoms with Crippen molar-refractivity contribution in [1.29, 1.82) is 0 Å². The van der Waals surface area contributed by atoms with Crippen LogP contribution in [0.25, 0.3) is 0 Å². The van der Waals surface area contributed by atoms with E-state index < -0.39 is 31.0 Å². The van der Waals surface area contributed by atoms with E-state index in [1.54, 1.807) is 31.3 Å². The first-order valence-corrected chi connectivity index (χ1v) is 19.5. The zero-order valence-corrected chi connectivity index (χ0v) is 31.1. The molecule has 0 aliphatic carbocycles. The highest BCUT2D eigenvalue weighted by Gasteiger charge is 2.45. The van der Waals surface area contributed by atoms with Gasteiger partial charge in [0.25, 0.3) is 10.1 Å². The summed E-state index contributed by atoms with van der Waals surface area (Å²) in [6, 6.07) is 10.2. The van der Waals surface area contributed by atoms with Gasteiger partial charge >= 0.3 is 0 Å². The third kappa shape index (κ3) is 7.29. The van der Waals surface area contributed by atoms with Gasteiger partial charge in [-0.15, -0.1) is 0 Å². The molecule has 0 unspecified atom stereocenters. The molecule has 9 nitrogen and oxygen atoms in total. The van der Waals surface area contributed by atoms with Gasteiger partial charge in [-0.1, -0.05) is 45.9 Å². The predicted octanol–water partition coefficient (Wildman–Crippen LogP) is 6.91. The van der Waals surface area contributed by atoms with E-state index in [4.69, 9.17) is 0 Å². The van der Waals surface area contributed by atoms with Crippen molar-refractivity contribution in [3.8, 4) is 0 Å². The number of carbonyl (C=O) groups is 1. The molecule has 11 heteroatoms. The molecular weight excluding hydrogens is 647 g/mol. The minimum absolute atomic E-state index is 0.0435. The Balaban J connectivity index is 1.63. The summed E-state index contributed by atoms with van der Waals surface area (Å²) in [6.07, 6.45) is 12.7. The Hall–Kier alpha value is -3.38. The van der Waals surface area contributed by atoms with E-state index in [0.29, 0.717) is 12.8 Å². The molecule has 2 aromatic carbocycles. The minimum atomic E-state index is -4.32. The Bertz CT molecular complexity index is 1920. The summed E-state index contributed by atoms with van der Waals surface area (Å²) < 4.78 is 63.9. The van der Waals surface area contributed by atoms with E-state index in [9.17, 15) is 26.2 Å². The van der Waals surface area contributed by atoms with Crippen molar-refractivity contribution in [1.82, 2.24) is 4.31 Å². The van der Waals surface area contributed by atoms with Crippen LogP contribution in [0.1, 0.15) is 85.3 Å². The molecule has 48 heavy (non-hydrogen) atoms. The van der Waals surface area contributed by atoms with Gasteiger partial charge in [0.1, 0.15) is 12.3 Å². The summed E-state index contributed by atoms with van der Waals surface area (Å²) >= 11 is 0. The van der Waals surface area contributed by atoms with Gasteiger partial charge in [0.15, 0.2) is 5.71 Å². The molecule has 0 amide bonds. The normalized spacial score (nSPS) is 18.1. The predicted molar refractivity (Wildman–Crippen MR) is 193 cm³/mol. The number of anilines is 1. The van der Waals surface area contributed by atoms with Crippen LogP contribution in [0.5, 0.6) is 0 Å². The zero-order valence-electron chi connectivity index (χ0n) is 29.4. The van der Waals surface area contributed by atoms with Crippen molar-refractivity contribution in [2.24, 2.45) is 0 Å². The third-order valence-corrected chi connectivity index (χ3v) is 12.1. The Kier molecular flexibility index (Phi) is 11.1. The highest BCUT2D eigenvalue weighted by Crippen LogP contribution is 2.48. The molecule has 0 fully saturated rings. The lowest BCUT2D eigenvalue weighted by Crippen LogP contribution is -2.29. The topological polar surface area (TPSA) is 115 Å². The molecule has 4 rings (SSSR count). The van der Waals surface area contributed by atoms with E-state index in [1.807, 2.05) is 24.3 Å². The first kappa shape index (κ1) is 37.4. The lowest BCUT2D eigenvalue weighted by molar-refractivity contribution is -0.437. The maximum absolute atomic E-state index is 13.5. The van der Waals surface area contributed by atoms with Gasteiger partial charge in [-0.2, -0.15) is 13.0 Å². The van der Waals surface area contributed by atoms with Crippen LogP contribution < -0.4 is 4.90 Å². The highest BCUT2D eigenvalue weighted by atomic mass is 32.2. The molecule has 0 radical (unpaired) electrons. The summed E-state index contributed by atoms with van der Waals surface area (Å²) in [5.74, 6) is 0.0435. The number of nitrogens with zero attached hydrogens (tertiary/aromatic N) is 3. The smallest absolute Gasteiger partial charge is 0.294 e. The van der Waals surface area contributed by atoms with Gasteiger partial charge in [0, 0.05) is 67.5 Å². The molecule has 2 heterocycles. The van der Waals surface area contributed by atoms with Crippen LogP contribution in [0, 0.1) is 0 Å². The van der Waals surface area contributed by atoms with Gasteiger partial charge in [0.05, 0.1) is 15.2 Å². The Morgan fingerprint density at radius 1 is 0.917 bits per heavy atom. The number of Topliss-reactive ketones (excluding diaryl/α,β-unsaturated/α-hetero) is 1. The maximum atomic E-state index is 13.5.